The molecule has 1 aromatic rings. The van der Waals surface area contributed by atoms with E-state index in [9.17, 15) is 35.5 Å². The maximum Gasteiger partial charge on any atom is 0.673 e. The molecule has 0 aliphatic carbocycles. The van der Waals surface area contributed by atoms with Crippen LogP contribution in [0.2, 0.25) is 0 Å². The first kappa shape index (κ1) is 18.7. The Hall–Kier alpha value is -1.26. The van der Waals surface area contributed by atoms with Gasteiger partial charge in [-0.3, -0.25) is 0 Å². The fourth-order valence-corrected chi connectivity index (χ4v) is 2.68. The van der Waals surface area contributed by atoms with Crippen LogP contribution in [0.15, 0.2) is 29.2 Å². The van der Waals surface area contributed by atoms with E-state index in [-0.39, 0.29) is 10.6 Å². The van der Waals surface area contributed by atoms with E-state index in [1.807, 2.05) is 0 Å². The molecule has 20 heavy (non-hydrogen) atoms. The lowest BCUT2D eigenvalue weighted by Crippen LogP contribution is -2.23. The van der Waals surface area contributed by atoms with Gasteiger partial charge < -0.3 is 22.4 Å². The molecule has 0 heterocycles. The number of rotatable bonds is 1. The molecule has 0 spiro atoms. The Bertz CT molecular complexity index is 476. The molecule has 116 valence electrons. The fraction of sp³-hybridized carbons (Fsp3) is 0.333. The molecule has 0 radical (unpaired) electrons. The zero-order valence-corrected chi connectivity index (χ0v) is 11.2. The number of aromatic hydroxyl groups is 1. The molecule has 2 nitrogen and oxygen atoms in total. The van der Waals surface area contributed by atoms with Crippen LogP contribution in [0, 0.1) is 0 Å². The Morgan fingerprint density at radius 1 is 1.05 bits per heavy atom. The normalized spacial score (nSPS) is 13.2. The van der Waals surface area contributed by atoms with Gasteiger partial charge in [-0.2, -0.15) is 13.2 Å². The van der Waals surface area contributed by atoms with Crippen LogP contribution in [0.3, 0.4) is 0 Å². The quantitative estimate of drug-likeness (QED) is 0.476. The van der Waals surface area contributed by atoms with Crippen LogP contribution in [0.1, 0.15) is 0 Å². The van der Waals surface area contributed by atoms with Crippen LogP contribution in [0.4, 0.5) is 30.4 Å². The third-order valence-electron chi connectivity index (χ3n) is 1.66. The van der Waals surface area contributed by atoms with Gasteiger partial charge in [0.25, 0.3) is 0 Å². The van der Waals surface area contributed by atoms with Gasteiger partial charge in [0.15, 0.2) is 10.7 Å². The van der Waals surface area contributed by atoms with E-state index in [2.05, 4.69) is 0 Å². The number of hydrogen-bond acceptors (Lipinski definition) is 1. The van der Waals surface area contributed by atoms with Crippen LogP contribution in [0.25, 0.3) is 0 Å². The second-order valence-corrected chi connectivity index (χ2v) is 5.71. The number of hydrogen-bond donors (Lipinski definition) is 1. The van der Waals surface area contributed by atoms with E-state index in [0.717, 1.165) is 3.95 Å². The topological polar surface area (TPSA) is 23.2 Å². The average Bonchev–Trinajstić information content (AvgIpc) is 2.16. The van der Waals surface area contributed by atoms with E-state index in [0.29, 0.717) is 0 Å². The summed E-state index contributed by atoms with van der Waals surface area (Å²) in [4.78, 5) is -0.102. The summed E-state index contributed by atoms with van der Waals surface area (Å²) in [5.41, 5.74) is -4.37. The van der Waals surface area contributed by atoms with E-state index in [1.54, 1.807) is 0 Å². The second kappa shape index (κ2) is 6.96. The standard InChI is InChI=1S/C9H10F3NOS.BF4/c1-13(2)15(9(10,11)12)8-6-4-3-5-7(8)14;2-1(3,4)5/h3-6H,1-2H3;/q;-1/p+1. The molecule has 1 N–H and O–H groups in total. The summed E-state index contributed by atoms with van der Waals surface area (Å²) in [6, 6.07) is 5.51. The zero-order chi connectivity index (χ0) is 16.1. The van der Waals surface area contributed by atoms with Gasteiger partial charge in [0.1, 0.15) is 24.7 Å². The van der Waals surface area contributed by atoms with Crippen LogP contribution in [-0.4, -0.2) is 35.9 Å². The summed E-state index contributed by atoms with van der Waals surface area (Å²) in [7, 11) is -5.41. The molecular weight excluding hydrogens is 314 g/mol. The van der Waals surface area contributed by atoms with Crippen molar-refractivity contribution >= 4 is 17.9 Å². The number of phenolic OH excluding ortho intramolecular Hbond substituents is 1. The van der Waals surface area contributed by atoms with Crippen molar-refractivity contribution in [3.05, 3.63) is 24.3 Å². The first-order valence-corrected chi connectivity index (χ1v) is 6.16. The summed E-state index contributed by atoms with van der Waals surface area (Å²) < 4.78 is 78.1. The van der Waals surface area contributed by atoms with E-state index in [1.165, 1.54) is 38.4 Å². The molecule has 1 unspecified atom stereocenters. The summed E-state index contributed by atoms with van der Waals surface area (Å²) in [5, 5.41) is 9.37. The van der Waals surface area contributed by atoms with Gasteiger partial charge in [-0.25, -0.2) is 3.95 Å². The van der Waals surface area contributed by atoms with Crippen LogP contribution in [0.5, 0.6) is 5.75 Å². The minimum Gasteiger partial charge on any atom is -0.507 e. The number of phenols is 1. The van der Waals surface area contributed by atoms with Gasteiger partial charge in [0, 0.05) is 0 Å². The molecule has 11 heteroatoms. The third-order valence-corrected chi connectivity index (χ3v) is 3.59. The van der Waals surface area contributed by atoms with Gasteiger partial charge in [-0.05, 0) is 12.1 Å². The molecule has 0 saturated heterocycles. The molecule has 0 bridgehead atoms. The fourth-order valence-electron chi connectivity index (χ4n) is 1.15. The molecule has 0 fully saturated rings. The van der Waals surface area contributed by atoms with Gasteiger partial charge in [0.05, 0.1) is 0 Å². The van der Waals surface area contributed by atoms with Crippen LogP contribution in [-0.2, 0) is 10.7 Å². The molecule has 0 aromatic heterocycles. The SMILES string of the molecule is C[N+](C)=S(c1ccccc1O)C(F)(F)F.F[B-](F)(F)F. The Balaban J connectivity index is 0.000000621. The highest BCUT2D eigenvalue weighted by Crippen LogP contribution is 2.32. The Labute approximate surface area is 113 Å². The molecular formula is C9H11BF7NOS. The average molecular weight is 325 g/mol. The van der Waals surface area contributed by atoms with Crippen molar-refractivity contribution < 1.29 is 39.5 Å². The predicted octanol–water partition coefficient (Wildman–Crippen LogP) is 3.64. The maximum absolute atomic E-state index is 12.7. The molecule has 0 saturated carbocycles. The van der Waals surface area contributed by atoms with Crippen molar-refractivity contribution in [2.45, 2.75) is 10.4 Å². The van der Waals surface area contributed by atoms with Crippen molar-refractivity contribution in [1.29, 1.82) is 0 Å². The monoisotopic (exact) mass is 325 g/mol. The highest BCUT2D eigenvalue weighted by Gasteiger charge is 2.43. The summed E-state index contributed by atoms with van der Waals surface area (Å²) in [5.74, 6) is -0.327. The van der Waals surface area contributed by atoms with Gasteiger partial charge >= 0.3 is 12.8 Å². The van der Waals surface area contributed by atoms with Crippen LogP contribution < -0.4 is 0 Å². The molecule has 0 aliphatic heterocycles. The molecule has 1 rings (SSSR count). The Morgan fingerprint density at radius 2 is 1.45 bits per heavy atom. The number of benzene rings is 1. The van der Waals surface area contributed by atoms with Gasteiger partial charge in [0.2, 0.25) is 0 Å². The molecule has 1 aromatic carbocycles. The number of alkyl halides is 3. The second-order valence-electron chi connectivity index (χ2n) is 3.51. The molecule has 0 aliphatic rings. The lowest BCUT2D eigenvalue weighted by atomic mass is 10.3. The summed E-state index contributed by atoms with van der Waals surface area (Å²) in [6.07, 6.45) is 0. The summed E-state index contributed by atoms with van der Waals surface area (Å²) in [6.45, 7) is 0. The highest BCUT2D eigenvalue weighted by molar-refractivity contribution is 7.86. The number of para-hydroxylation sites is 1. The minimum absolute atomic E-state index is 0.102. The van der Waals surface area contributed by atoms with E-state index < -0.39 is 23.5 Å². The number of nitrogens with zero attached hydrogens (tertiary/aromatic N) is 1. The lowest BCUT2D eigenvalue weighted by Gasteiger charge is -2.10. The Kier molecular flexibility index (Phi) is 6.52. The van der Waals surface area contributed by atoms with Crippen molar-refractivity contribution in [2.24, 2.45) is 0 Å². The van der Waals surface area contributed by atoms with Gasteiger partial charge in [-0.1, -0.05) is 12.1 Å². The van der Waals surface area contributed by atoms with Crippen molar-refractivity contribution in [1.82, 2.24) is 0 Å². The number of halogens is 7. The first-order chi connectivity index (χ1) is 8.84. The highest BCUT2D eigenvalue weighted by atomic mass is 32.2. The smallest absolute Gasteiger partial charge is 0.507 e. The van der Waals surface area contributed by atoms with E-state index >= 15 is 0 Å². The minimum atomic E-state index is -6.00. The third kappa shape index (κ3) is 7.36. The largest absolute Gasteiger partial charge is 0.673 e. The van der Waals surface area contributed by atoms with E-state index in [4.69, 9.17) is 0 Å². The lowest BCUT2D eigenvalue weighted by molar-refractivity contribution is -0.441. The predicted molar refractivity (Wildman–Crippen MR) is 62.1 cm³/mol. The van der Waals surface area contributed by atoms with Crippen molar-refractivity contribution in [2.75, 3.05) is 14.1 Å². The van der Waals surface area contributed by atoms with Gasteiger partial charge in [-0.15, -0.1) is 0 Å². The molecule has 0 amide bonds. The summed E-state index contributed by atoms with van der Waals surface area (Å²) >= 11 is 0. The van der Waals surface area contributed by atoms with Crippen molar-refractivity contribution in [3.8, 4) is 5.75 Å². The zero-order valence-electron chi connectivity index (χ0n) is 10.3. The first-order valence-electron chi connectivity index (χ1n) is 4.98. The van der Waals surface area contributed by atoms with Crippen LogP contribution >= 0.6 is 0 Å². The van der Waals surface area contributed by atoms with Crippen molar-refractivity contribution in [3.63, 3.8) is 0 Å². The maximum atomic E-state index is 12.7. The molecule has 1 atom stereocenters. The Morgan fingerprint density at radius 3 is 1.75 bits per heavy atom.